The van der Waals surface area contributed by atoms with Crippen molar-refractivity contribution < 1.29 is 27.1 Å². The van der Waals surface area contributed by atoms with Gasteiger partial charge in [0.05, 0.1) is 29.3 Å². The number of likely N-dealkylation sites (tertiary alicyclic amines) is 1. The van der Waals surface area contributed by atoms with Crippen LogP contribution in [0.15, 0.2) is 41.2 Å². The number of likely N-dealkylation sites (N-methyl/N-ethyl adjacent to an activating group) is 1. The van der Waals surface area contributed by atoms with Gasteiger partial charge in [0.2, 0.25) is 5.91 Å². The summed E-state index contributed by atoms with van der Waals surface area (Å²) in [4.78, 5) is 31.4. The maximum atomic E-state index is 17.2. The summed E-state index contributed by atoms with van der Waals surface area (Å²) < 4.78 is 57.6. The van der Waals surface area contributed by atoms with E-state index < -0.39 is 17.8 Å². The molecule has 0 bridgehead atoms. The second-order valence-electron chi connectivity index (χ2n) is 11.5. The zero-order valence-electron chi connectivity index (χ0n) is 24.9. The van der Waals surface area contributed by atoms with Gasteiger partial charge in [-0.05, 0) is 43.3 Å². The Labute approximate surface area is 265 Å². The first-order chi connectivity index (χ1) is 22.2. The van der Waals surface area contributed by atoms with Crippen molar-refractivity contribution in [1.29, 1.82) is 0 Å². The number of piperazine rings is 1. The molecule has 15 heteroatoms. The van der Waals surface area contributed by atoms with Crippen molar-refractivity contribution in [1.82, 2.24) is 24.8 Å². The highest BCUT2D eigenvalue weighted by molar-refractivity contribution is 7.22. The summed E-state index contributed by atoms with van der Waals surface area (Å²) in [6.45, 7) is 1.94. The summed E-state index contributed by atoms with van der Waals surface area (Å²) in [5.74, 6) is -0.950. The molecule has 5 aromatic rings. The normalized spacial score (nSPS) is 19.1. The van der Waals surface area contributed by atoms with Crippen LogP contribution in [-0.4, -0.2) is 95.8 Å². The smallest absolute Gasteiger partial charge is 0.319 e. The topological polar surface area (TPSA) is 140 Å². The summed E-state index contributed by atoms with van der Waals surface area (Å²) in [5, 5.41) is 0.550. The number of nitrogen functional groups attached to an aromatic ring is 1. The van der Waals surface area contributed by atoms with Gasteiger partial charge in [0.1, 0.15) is 29.9 Å². The number of rotatable bonds is 7. The highest BCUT2D eigenvalue weighted by Gasteiger charge is 2.31. The largest absolute Gasteiger partial charge is 0.472 e. The molecule has 2 saturated heterocycles. The maximum absolute atomic E-state index is 17.2. The number of hydrogen-bond acceptors (Lipinski definition) is 11. The van der Waals surface area contributed by atoms with Crippen LogP contribution in [0, 0.1) is 11.6 Å². The molecule has 0 spiro atoms. The van der Waals surface area contributed by atoms with Gasteiger partial charge in [0, 0.05) is 60.8 Å². The molecule has 2 fully saturated rings. The van der Waals surface area contributed by atoms with Gasteiger partial charge < -0.3 is 30.4 Å². The van der Waals surface area contributed by atoms with Gasteiger partial charge in [-0.15, -0.1) is 0 Å². The number of benzene rings is 2. The number of nitrogens with two attached hydrogens (primary N) is 2. The van der Waals surface area contributed by atoms with Crippen LogP contribution in [0.2, 0.25) is 0 Å². The van der Waals surface area contributed by atoms with Gasteiger partial charge in [-0.1, -0.05) is 11.3 Å². The number of halogens is 3. The highest BCUT2D eigenvalue weighted by Crippen LogP contribution is 2.44. The van der Waals surface area contributed by atoms with E-state index in [-0.39, 0.29) is 57.5 Å². The predicted octanol–water partition coefficient (Wildman–Crippen LogP) is 4.06. The summed E-state index contributed by atoms with van der Waals surface area (Å²) >= 11 is 0.979. The summed E-state index contributed by atoms with van der Waals surface area (Å²) in [5.41, 5.74) is 13.2. The third kappa shape index (κ3) is 5.37. The second-order valence-corrected chi connectivity index (χ2v) is 12.5. The number of fused-ring (bicyclic) bond motifs is 2. The molecule has 0 radical (unpaired) electrons. The molecule has 0 unspecified atom stereocenters. The lowest BCUT2D eigenvalue weighted by Crippen LogP contribution is -2.50. The van der Waals surface area contributed by atoms with Crippen molar-refractivity contribution in [2.75, 3.05) is 63.6 Å². The number of carbonyl (C=O) groups excluding carboxylic acids is 1. The van der Waals surface area contributed by atoms with Gasteiger partial charge in [0.25, 0.3) is 0 Å². The van der Waals surface area contributed by atoms with Crippen LogP contribution < -0.4 is 21.1 Å². The number of amides is 1. The number of aromatic nitrogens is 3. The Hall–Kier alpha value is -4.47. The van der Waals surface area contributed by atoms with Crippen molar-refractivity contribution in [2.45, 2.75) is 18.6 Å². The highest BCUT2D eigenvalue weighted by atomic mass is 32.1. The van der Waals surface area contributed by atoms with Gasteiger partial charge in [-0.25, -0.2) is 18.2 Å². The Morgan fingerprint density at radius 2 is 1.91 bits per heavy atom. The molecule has 5 heterocycles. The maximum Gasteiger partial charge on any atom is 0.319 e. The zero-order chi connectivity index (χ0) is 32.1. The first-order valence-electron chi connectivity index (χ1n) is 14.8. The molecule has 3 aromatic heterocycles. The molecule has 11 nitrogen and oxygen atoms in total. The van der Waals surface area contributed by atoms with E-state index >= 15 is 4.39 Å². The second kappa shape index (κ2) is 12.0. The molecular formula is C31H31F3N8O3S. The van der Waals surface area contributed by atoms with Crippen LogP contribution in [0.25, 0.3) is 43.4 Å². The van der Waals surface area contributed by atoms with Gasteiger partial charge in [-0.2, -0.15) is 9.97 Å². The fourth-order valence-electron chi connectivity index (χ4n) is 6.27. The molecule has 2 aliphatic rings. The van der Waals surface area contributed by atoms with Crippen LogP contribution in [0.1, 0.15) is 6.42 Å². The SMILES string of the molecule is CN1C[C@H](F)C[C@H]1COc1nc(N2CCN(C(=O)CN)CC2)c2cc(-c3ccoc3)c(-c3ccc(F)c4sc(N)nc34)c(F)c2n1. The fraction of sp³-hybridized carbons (Fsp3) is 0.355. The van der Waals surface area contributed by atoms with Crippen molar-refractivity contribution in [3.05, 3.63) is 48.4 Å². The number of nitrogens with zero attached hydrogens (tertiary/aromatic N) is 6. The summed E-state index contributed by atoms with van der Waals surface area (Å²) in [6, 6.07) is 5.94. The molecule has 2 aromatic carbocycles. The lowest BCUT2D eigenvalue weighted by Gasteiger charge is -2.35. The molecule has 0 saturated carbocycles. The standard InChI is InChI=1S/C31H31F3N8O3S/c1-40-13-17(32)10-18(40)15-45-31-38-26-21(29(39-31)42-7-5-41(6-8-42)23(43)12-35)11-20(16-4-9-44-14-16)24(25(26)34)19-2-3-22(33)28-27(19)37-30(36)46-28/h2-4,9,11,14,17-18H,5-8,10,12-13,15,35H2,1H3,(H2,36,37)/t17-,18+/m1/s1. The van der Waals surface area contributed by atoms with Crippen LogP contribution in [-0.2, 0) is 4.79 Å². The molecule has 4 N–H and O–H groups in total. The fourth-order valence-corrected chi connectivity index (χ4v) is 7.04. The zero-order valence-corrected chi connectivity index (χ0v) is 25.7. The summed E-state index contributed by atoms with van der Waals surface area (Å²) in [7, 11) is 1.82. The van der Waals surface area contributed by atoms with E-state index in [9.17, 15) is 13.6 Å². The lowest BCUT2D eigenvalue weighted by atomic mass is 9.92. The Morgan fingerprint density at radius 3 is 2.61 bits per heavy atom. The van der Waals surface area contributed by atoms with E-state index in [4.69, 9.17) is 25.6 Å². The van der Waals surface area contributed by atoms with E-state index in [2.05, 4.69) is 9.97 Å². The summed E-state index contributed by atoms with van der Waals surface area (Å²) in [6.07, 6.45) is 2.31. The van der Waals surface area contributed by atoms with Gasteiger partial charge in [-0.3, -0.25) is 9.69 Å². The first kappa shape index (κ1) is 30.2. The molecule has 0 aliphatic carbocycles. The van der Waals surface area contributed by atoms with Crippen LogP contribution in [0.4, 0.5) is 24.1 Å². The minimum absolute atomic E-state index is 0.0217. The third-order valence-corrected chi connectivity index (χ3v) is 9.55. The average Bonchev–Trinajstić information content (AvgIpc) is 3.80. The number of furan rings is 1. The minimum Gasteiger partial charge on any atom is -0.472 e. The number of carbonyl (C=O) groups is 1. The molecule has 7 rings (SSSR count). The Balaban J connectivity index is 1.41. The lowest BCUT2D eigenvalue weighted by molar-refractivity contribution is -0.129. The molecule has 240 valence electrons. The van der Waals surface area contributed by atoms with Crippen molar-refractivity contribution in [2.24, 2.45) is 5.73 Å². The number of thiazole rings is 1. The molecule has 46 heavy (non-hydrogen) atoms. The number of anilines is 2. The van der Waals surface area contributed by atoms with Gasteiger partial charge in [0.15, 0.2) is 10.9 Å². The van der Waals surface area contributed by atoms with E-state index in [1.807, 2.05) is 16.8 Å². The van der Waals surface area contributed by atoms with Gasteiger partial charge >= 0.3 is 6.01 Å². The van der Waals surface area contributed by atoms with E-state index in [1.54, 1.807) is 17.0 Å². The third-order valence-electron chi connectivity index (χ3n) is 8.65. The van der Waals surface area contributed by atoms with Crippen molar-refractivity contribution in [3.63, 3.8) is 0 Å². The molecule has 2 aliphatic heterocycles. The first-order valence-corrected chi connectivity index (χ1v) is 15.6. The Kier molecular flexibility index (Phi) is 7.90. The predicted molar refractivity (Wildman–Crippen MR) is 169 cm³/mol. The Morgan fingerprint density at radius 1 is 1.11 bits per heavy atom. The van der Waals surface area contributed by atoms with E-state index in [0.29, 0.717) is 67.0 Å². The van der Waals surface area contributed by atoms with Crippen LogP contribution >= 0.6 is 11.3 Å². The number of ether oxygens (including phenoxy) is 1. The number of alkyl halides is 1. The minimum atomic E-state index is -0.965. The van der Waals surface area contributed by atoms with Crippen molar-refractivity contribution in [3.8, 4) is 28.3 Å². The monoisotopic (exact) mass is 652 g/mol. The van der Waals surface area contributed by atoms with E-state index in [1.165, 1.54) is 24.7 Å². The van der Waals surface area contributed by atoms with Crippen LogP contribution in [0.3, 0.4) is 0 Å². The van der Waals surface area contributed by atoms with E-state index in [0.717, 1.165) is 11.3 Å². The Bertz CT molecular complexity index is 1930. The molecular weight excluding hydrogens is 621 g/mol. The van der Waals surface area contributed by atoms with Crippen molar-refractivity contribution >= 4 is 49.3 Å². The molecule has 2 atom stereocenters. The molecule has 1 amide bonds. The number of hydrogen-bond donors (Lipinski definition) is 2. The van der Waals surface area contributed by atoms with Crippen LogP contribution in [0.5, 0.6) is 6.01 Å². The quantitative estimate of drug-likeness (QED) is 0.265. The average molecular weight is 653 g/mol.